The van der Waals surface area contributed by atoms with Crippen molar-refractivity contribution >= 4 is 30.7 Å². The summed E-state index contributed by atoms with van der Waals surface area (Å²) in [6.45, 7) is 0.970. The highest BCUT2D eigenvalue weighted by Gasteiger charge is 2.47. The lowest BCUT2D eigenvalue weighted by Crippen LogP contribution is -2.40. The zero-order chi connectivity index (χ0) is 31.7. The summed E-state index contributed by atoms with van der Waals surface area (Å²) in [7, 11) is -4.64. The van der Waals surface area contributed by atoms with Gasteiger partial charge in [-0.3, -0.25) is 23.4 Å². The van der Waals surface area contributed by atoms with Crippen LogP contribution in [-0.2, 0) is 18.3 Å². The van der Waals surface area contributed by atoms with Crippen molar-refractivity contribution in [2.75, 3.05) is 25.1 Å². The number of ether oxygens (including phenoxy) is 1. The first-order valence-electron chi connectivity index (χ1n) is 14.3. The number of phosphoric ester groups is 1. The van der Waals surface area contributed by atoms with Crippen LogP contribution in [0.4, 0.5) is 10.2 Å². The summed E-state index contributed by atoms with van der Waals surface area (Å²) < 4.78 is 45.4. The first-order valence-corrected chi connectivity index (χ1v) is 15.8. The Morgan fingerprint density at radius 1 is 1.16 bits per heavy atom. The van der Waals surface area contributed by atoms with Gasteiger partial charge in [-0.2, -0.15) is 0 Å². The van der Waals surface area contributed by atoms with Crippen molar-refractivity contribution in [3.05, 3.63) is 78.1 Å². The lowest BCUT2D eigenvalue weighted by Gasteiger charge is -2.44. The predicted molar refractivity (Wildman–Crippen MR) is 157 cm³/mol. The molecule has 1 saturated carbocycles. The van der Waals surface area contributed by atoms with Crippen LogP contribution in [0.2, 0.25) is 0 Å². The van der Waals surface area contributed by atoms with Crippen molar-refractivity contribution in [3.63, 3.8) is 0 Å². The van der Waals surface area contributed by atoms with Crippen LogP contribution in [0, 0.1) is 18.8 Å². The number of aryl methyl sites for hydroxylation is 1. The molecular formula is C29H32FN6O8P. The van der Waals surface area contributed by atoms with Crippen LogP contribution in [0.5, 0.6) is 0 Å². The van der Waals surface area contributed by atoms with Crippen LogP contribution >= 0.6 is 7.82 Å². The summed E-state index contributed by atoms with van der Waals surface area (Å²) in [4.78, 5) is 39.7. The fourth-order valence-electron chi connectivity index (χ4n) is 5.80. The molecule has 1 saturated heterocycles. The van der Waals surface area contributed by atoms with E-state index in [0.717, 1.165) is 11.3 Å². The van der Waals surface area contributed by atoms with E-state index in [1.807, 2.05) is 19.1 Å². The summed E-state index contributed by atoms with van der Waals surface area (Å²) in [6.07, 6.45) is -1.63. The standard InChI is InChI=1S/C29H32FN6O8P/c1-16-9-18(7-8-31-16)20-10-19(11-37)21(20)12-42-45(40,41)43-13-22-25(38)23(30)29(44-22)36-15-34-24-26(32-14-33-27(24)36)35-28(39)17-5-3-2-4-6-17/h2-9,14-15,19-23,25,29,37-38H,10-13H2,1H3,(H,40,41)(H,32,33,35,39)/t19-,20+,21-,22-,23-,25-,29-/m1/s1. The van der Waals surface area contributed by atoms with Gasteiger partial charge < -0.3 is 25.2 Å². The van der Waals surface area contributed by atoms with Gasteiger partial charge in [-0.05, 0) is 60.9 Å². The Hall–Kier alpha value is -3.69. The lowest BCUT2D eigenvalue weighted by atomic mass is 9.63. The topological polar surface area (TPSA) is 191 Å². The molecule has 1 aliphatic carbocycles. The molecule has 14 nitrogen and oxygen atoms in total. The number of anilines is 1. The van der Waals surface area contributed by atoms with Gasteiger partial charge in [-0.25, -0.2) is 23.9 Å². The second kappa shape index (κ2) is 13.0. The molecule has 4 heterocycles. The molecule has 8 atom stereocenters. The SMILES string of the molecule is Cc1cc([C@@H]2C[C@H](CO)[C@H]2COP(=O)(O)OC[C@H]2O[C@@H](n3cnc4c(NC(=O)c5ccccc5)ncnc43)[C@H](F)[C@@H]2O)ccn1. The van der Waals surface area contributed by atoms with Crippen molar-refractivity contribution in [2.24, 2.45) is 11.8 Å². The Labute approximate surface area is 256 Å². The van der Waals surface area contributed by atoms with Crippen molar-refractivity contribution in [3.8, 4) is 0 Å². The molecule has 4 N–H and O–H groups in total. The number of nitrogens with zero attached hydrogens (tertiary/aromatic N) is 5. The molecule has 1 unspecified atom stereocenters. The Balaban J connectivity index is 1.08. The minimum absolute atomic E-state index is 0.0119. The van der Waals surface area contributed by atoms with E-state index in [4.69, 9.17) is 13.8 Å². The number of hydrogen-bond acceptors (Lipinski definition) is 11. The van der Waals surface area contributed by atoms with Gasteiger partial charge >= 0.3 is 7.82 Å². The van der Waals surface area contributed by atoms with Gasteiger partial charge in [0.1, 0.15) is 18.5 Å². The van der Waals surface area contributed by atoms with E-state index in [0.29, 0.717) is 12.0 Å². The third-order valence-corrected chi connectivity index (χ3v) is 9.24. The van der Waals surface area contributed by atoms with E-state index in [2.05, 4.69) is 25.3 Å². The fraction of sp³-hybridized carbons (Fsp3) is 0.414. The van der Waals surface area contributed by atoms with Gasteiger partial charge in [-0.1, -0.05) is 18.2 Å². The third kappa shape index (κ3) is 6.51. The molecular weight excluding hydrogens is 610 g/mol. The van der Waals surface area contributed by atoms with Gasteiger partial charge in [0.05, 0.1) is 19.5 Å². The zero-order valence-corrected chi connectivity index (χ0v) is 25.0. The molecule has 1 amide bonds. The minimum Gasteiger partial charge on any atom is -0.396 e. The summed E-state index contributed by atoms with van der Waals surface area (Å²) in [5.41, 5.74) is 2.52. The van der Waals surface area contributed by atoms with Crippen LogP contribution in [-0.4, -0.2) is 83.7 Å². The molecule has 0 bridgehead atoms. The molecule has 6 rings (SSSR count). The number of hydrogen-bond donors (Lipinski definition) is 4. The van der Waals surface area contributed by atoms with Gasteiger partial charge in [-0.15, -0.1) is 0 Å². The Morgan fingerprint density at radius 2 is 1.93 bits per heavy atom. The maximum absolute atomic E-state index is 15.3. The number of rotatable bonds is 11. The molecule has 3 aromatic heterocycles. The normalized spacial score (nSPS) is 27.6. The number of nitrogens with one attached hydrogen (secondary N) is 1. The molecule has 1 aliphatic heterocycles. The van der Waals surface area contributed by atoms with E-state index in [9.17, 15) is 24.5 Å². The van der Waals surface area contributed by atoms with Crippen LogP contribution < -0.4 is 5.32 Å². The second-order valence-electron chi connectivity index (χ2n) is 11.1. The third-order valence-electron chi connectivity index (χ3n) is 8.29. The number of carbonyl (C=O) groups excluding carboxylic acids is 1. The summed E-state index contributed by atoms with van der Waals surface area (Å²) in [5, 5.41) is 23.0. The smallest absolute Gasteiger partial charge is 0.396 e. The predicted octanol–water partition coefficient (Wildman–Crippen LogP) is 2.92. The number of benzene rings is 1. The fourth-order valence-corrected chi connectivity index (χ4v) is 6.57. The van der Waals surface area contributed by atoms with Crippen molar-refractivity contribution in [1.82, 2.24) is 24.5 Å². The molecule has 1 aromatic carbocycles. The van der Waals surface area contributed by atoms with E-state index in [-0.39, 0.29) is 47.9 Å². The highest BCUT2D eigenvalue weighted by molar-refractivity contribution is 7.47. The number of pyridine rings is 1. The maximum atomic E-state index is 15.3. The number of carbonyl (C=O) groups is 1. The van der Waals surface area contributed by atoms with Crippen LogP contribution in [0.1, 0.15) is 40.2 Å². The molecule has 238 valence electrons. The van der Waals surface area contributed by atoms with Crippen molar-refractivity contribution in [1.29, 1.82) is 0 Å². The summed E-state index contributed by atoms with van der Waals surface area (Å²) in [5.74, 6) is -0.667. The van der Waals surface area contributed by atoms with Crippen molar-refractivity contribution in [2.45, 2.75) is 43.9 Å². The molecule has 2 aliphatic rings. The Bertz CT molecular complexity index is 1710. The van der Waals surface area contributed by atoms with Crippen LogP contribution in [0.25, 0.3) is 11.2 Å². The van der Waals surface area contributed by atoms with Crippen LogP contribution in [0.15, 0.2) is 61.3 Å². The number of aromatic nitrogens is 5. The molecule has 2 fully saturated rings. The average molecular weight is 643 g/mol. The maximum Gasteiger partial charge on any atom is 0.472 e. The zero-order valence-electron chi connectivity index (χ0n) is 24.1. The van der Waals surface area contributed by atoms with E-state index in [1.165, 1.54) is 17.2 Å². The lowest BCUT2D eigenvalue weighted by molar-refractivity contribution is -0.0488. The number of amides is 1. The second-order valence-corrected chi connectivity index (χ2v) is 12.6. The summed E-state index contributed by atoms with van der Waals surface area (Å²) >= 11 is 0. The van der Waals surface area contributed by atoms with Gasteiger partial charge in [0.15, 0.2) is 29.4 Å². The molecule has 4 aromatic rings. The average Bonchev–Trinajstić information content (AvgIpc) is 3.57. The number of halogens is 1. The number of aliphatic hydroxyl groups is 2. The van der Waals surface area contributed by atoms with Gasteiger partial charge in [0.25, 0.3) is 5.91 Å². The molecule has 0 radical (unpaired) electrons. The Morgan fingerprint density at radius 3 is 2.69 bits per heavy atom. The number of fused-ring (bicyclic) bond motifs is 1. The van der Waals surface area contributed by atoms with E-state index >= 15 is 4.39 Å². The Kier molecular flexibility index (Phi) is 9.02. The van der Waals surface area contributed by atoms with Crippen LogP contribution in [0.3, 0.4) is 0 Å². The first-order chi connectivity index (χ1) is 21.6. The van der Waals surface area contributed by atoms with E-state index < -0.39 is 44.9 Å². The summed E-state index contributed by atoms with van der Waals surface area (Å²) in [6, 6.07) is 12.3. The minimum atomic E-state index is -4.64. The highest BCUT2D eigenvalue weighted by Crippen LogP contribution is 2.51. The van der Waals surface area contributed by atoms with Gasteiger partial charge in [0.2, 0.25) is 0 Å². The molecule has 45 heavy (non-hydrogen) atoms. The largest absolute Gasteiger partial charge is 0.472 e. The number of phosphoric acid groups is 1. The number of imidazole rings is 1. The monoisotopic (exact) mass is 642 g/mol. The molecule has 0 spiro atoms. The highest BCUT2D eigenvalue weighted by atomic mass is 31.2. The molecule has 16 heteroatoms. The number of aliphatic hydroxyl groups excluding tert-OH is 2. The van der Waals surface area contributed by atoms with E-state index in [1.54, 1.807) is 36.5 Å². The first kappa shape index (κ1) is 31.3. The quantitative estimate of drug-likeness (QED) is 0.175. The number of alkyl halides is 1. The van der Waals surface area contributed by atoms with Crippen molar-refractivity contribution < 1.29 is 42.6 Å². The van der Waals surface area contributed by atoms with Gasteiger partial charge in [0, 0.05) is 24.1 Å².